The van der Waals surface area contributed by atoms with E-state index >= 15 is 0 Å². The van der Waals surface area contributed by atoms with Crippen molar-refractivity contribution >= 4 is 40.3 Å². The van der Waals surface area contributed by atoms with Gasteiger partial charge < -0.3 is 25.2 Å². The summed E-state index contributed by atoms with van der Waals surface area (Å²) in [6, 6.07) is 11.3. The first kappa shape index (κ1) is 27.1. The number of hydrogen-bond donors (Lipinski definition) is 3. The molecule has 3 N–H and O–H groups in total. The fourth-order valence-corrected chi connectivity index (χ4v) is 3.08. The zero-order valence-corrected chi connectivity index (χ0v) is 19.5. The molecule has 0 fully saturated rings. The van der Waals surface area contributed by atoms with Crippen LogP contribution in [0, 0.1) is 10.1 Å². The molecule has 0 aliphatic carbocycles. The first-order valence-electron chi connectivity index (χ1n) is 10.7. The number of carbonyl (C=O) groups excluding carboxylic acids is 1. The molecule has 2 rings (SSSR count). The quantitative estimate of drug-likeness (QED) is 0.119. The lowest BCUT2D eigenvalue weighted by Crippen LogP contribution is -2.31. The molecule has 0 saturated heterocycles. The Labute approximate surface area is 202 Å². The Balaban J connectivity index is 1.82. The molecular weight excluding hydrogens is 466 g/mol. The van der Waals surface area contributed by atoms with Crippen LogP contribution in [0.1, 0.15) is 13.3 Å². The minimum Gasteiger partial charge on any atom is -0.464 e. The average Bonchev–Trinajstić information content (AvgIpc) is 2.84. The molecule has 0 amide bonds. The minimum absolute atomic E-state index is 0.117. The van der Waals surface area contributed by atoms with E-state index in [1.165, 1.54) is 18.2 Å². The lowest BCUT2D eigenvalue weighted by Gasteiger charge is -2.23. The number of anilines is 1. The van der Waals surface area contributed by atoms with Gasteiger partial charge in [0.15, 0.2) is 0 Å². The van der Waals surface area contributed by atoms with Crippen molar-refractivity contribution in [1.82, 2.24) is 5.32 Å². The number of nitro groups is 1. The molecule has 0 aliphatic heterocycles. The molecule has 11 nitrogen and oxygen atoms in total. The number of carbonyl (C=O) groups is 1. The van der Waals surface area contributed by atoms with Gasteiger partial charge >= 0.3 is 5.97 Å². The fraction of sp³-hybridized carbons (Fsp3) is 0.409. The summed E-state index contributed by atoms with van der Waals surface area (Å²) in [4.78, 5) is 24.1. The molecular formula is C22H28ClN5O6. The lowest BCUT2D eigenvalue weighted by molar-refractivity contribution is -0.384. The Morgan fingerprint density at radius 3 is 2.62 bits per heavy atom. The van der Waals surface area contributed by atoms with Gasteiger partial charge in [-0.25, -0.2) is 0 Å². The van der Waals surface area contributed by atoms with E-state index in [1.807, 2.05) is 24.0 Å². The van der Waals surface area contributed by atoms with E-state index in [2.05, 4.69) is 15.5 Å². The topological polar surface area (TPSA) is 150 Å². The average molecular weight is 494 g/mol. The van der Waals surface area contributed by atoms with Crippen LogP contribution in [-0.2, 0) is 9.53 Å². The molecule has 2 aromatic carbocycles. The Morgan fingerprint density at radius 2 is 2.00 bits per heavy atom. The van der Waals surface area contributed by atoms with E-state index in [0.29, 0.717) is 31.0 Å². The maximum Gasteiger partial charge on any atom is 0.307 e. The maximum absolute atomic E-state index is 11.8. The third kappa shape index (κ3) is 9.02. The van der Waals surface area contributed by atoms with Gasteiger partial charge in [0, 0.05) is 37.5 Å². The van der Waals surface area contributed by atoms with Gasteiger partial charge in [-0.1, -0.05) is 11.6 Å². The molecule has 34 heavy (non-hydrogen) atoms. The largest absolute Gasteiger partial charge is 0.464 e. The van der Waals surface area contributed by atoms with Crippen LogP contribution in [0.2, 0.25) is 5.02 Å². The highest BCUT2D eigenvalue weighted by atomic mass is 35.5. The highest BCUT2D eigenvalue weighted by molar-refractivity contribution is 6.33. The number of nitrogens with zero attached hydrogens (tertiary/aromatic N) is 4. The first-order valence-corrected chi connectivity index (χ1v) is 11.1. The van der Waals surface area contributed by atoms with Gasteiger partial charge in [0.05, 0.1) is 41.3 Å². The van der Waals surface area contributed by atoms with E-state index in [1.54, 1.807) is 12.1 Å². The smallest absolute Gasteiger partial charge is 0.307 e. The molecule has 2 aromatic rings. The van der Waals surface area contributed by atoms with Gasteiger partial charge in [0.2, 0.25) is 0 Å². The third-order valence-corrected chi connectivity index (χ3v) is 5.04. The number of aliphatic hydroxyl groups is 2. The summed E-state index contributed by atoms with van der Waals surface area (Å²) in [6.45, 7) is 3.67. The van der Waals surface area contributed by atoms with E-state index in [4.69, 9.17) is 21.4 Å². The summed E-state index contributed by atoms with van der Waals surface area (Å²) in [7, 11) is 0. The van der Waals surface area contributed by atoms with Gasteiger partial charge in [-0.15, -0.1) is 5.11 Å². The maximum atomic E-state index is 11.8. The van der Waals surface area contributed by atoms with Crippen molar-refractivity contribution < 1.29 is 24.7 Å². The van der Waals surface area contributed by atoms with Crippen molar-refractivity contribution in [2.24, 2.45) is 10.2 Å². The van der Waals surface area contributed by atoms with E-state index in [9.17, 15) is 20.0 Å². The summed E-state index contributed by atoms with van der Waals surface area (Å²) in [5.74, 6) is -0.345. The van der Waals surface area contributed by atoms with Crippen LogP contribution in [0.15, 0.2) is 52.7 Å². The van der Waals surface area contributed by atoms with Gasteiger partial charge in [0.1, 0.15) is 12.3 Å². The molecule has 1 atom stereocenters. The number of ether oxygens (including phenoxy) is 1. The number of rotatable bonds is 14. The standard InChI is InChI=1S/C22H28ClN5O6/c1-2-27(11-12-34-22(31)9-10-24-14-19(30)15-29)17-5-3-16(4-6-17)25-26-21-8-7-18(28(32)33)13-20(21)23/h3-8,13,19,24,29-30H,2,9-12,14-15H2,1H3/b26-25+. The third-order valence-electron chi connectivity index (χ3n) is 4.73. The highest BCUT2D eigenvalue weighted by Gasteiger charge is 2.10. The molecule has 0 aliphatic rings. The number of halogens is 1. The second-order valence-electron chi connectivity index (χ2n) is 7.20. The molecule has 0 bridgehead atoms. The molecule has 184 valence electrons. The predicted octanol–water partition coefficient (Wildman–Crippen LogP) is 3.37. The zero-order chi connectivity index (χ0) is 24.9. The summed E-state index contributed by atoms with van der Waals surface area (Å²) in [5.41, 5.74) is 1.71. The Hall–Kier alpha value is -3.12. The molecule has 0 heterocycles. The normalized spacial score (nSPS) is 12.0. The summed E-state index contributed by atoms with van der Waals surface area (Å²) in [6.07, 6.45) is -0.676. The predicted molar refractivity (Wildman–Crippen MR) is 128 cm³/mol. The van der Waals surface area contributed by atoms with E-state index < -0.39 is 11.0 Å². The number of benzene rings is 2. The van der Waals surface area contributed by atoms with Gasteiger partial charge in [0.25, 0.3) is 5.69 Å². The van der Waals surface area contributed by atoms with E-state index in [0.717, 1.165) is 5.69 Å². The molecule has 0 saturated carbocycles. The minimum atomic E-state index is -0.845. The number of non-ortho nitro benzene ring substituents is 1. The van der Waals surface area contributed by atoms with Crippen LogP contribution >= 0.6 is 11.6 Å². The van der Waals surface area contributed by atoms with Crippen LogP contribution in [0.25, 0.3) is 0 Å². The number of nitrogens with one attached hydrogen (secondary N) is 1. The number of hydrogen-bond acceptors (Lipinski definition) is 10. The molecule has 0 aromatic heterocycles. The monoisotopic (exact) mass is 493 g/mol. The van der Waals surface area contributed by atoms with Crippen molar-refractivity contribution in [2.75, 3.05) is 44.3 Å². The number of nitro benzene ring substituents is 1. The SMILES string of the molecule is CCN(CCOC(=O)CCNCC(O)CO)c1ccc(/N=N/c2ccc([N+](=O)[O-])cc2Cl)cc1. The number of esters is 1. The van der Waals surface area contributed by atoms with Crippen molar-refractivity contribution in [1.29, 1.82) is 0 Å². The fourth-order valence-electron chi connectivity index (χ4n) is 2.87. The van der Waals surface area contributed by atoms with Gasteiger partial charge in [-0.05, 0) is 37.3 Å². The Morgan fingerprint density at radius 1 is 1.26 bits per heavy atom. The van der Waals surface area contributed by atoms with E-state index in [-0.39, 0.29) is 42.9 Å². The molecule has 0 radical (unpaired) electrons. The second-order valence-corrected chi connectivity index (χ2v) is 7.61. The molecule has 1 unspecified atom stereocenters. The second kappa shape index (κ2) is 14.2. The molecule has 12 heteroatoms. The first-order chi connectivity index (χ1) is 16.3. The van der Waals surface area contributed by atoms with Crippen LogP contribution in [0.5, 0.6) is 0 Å². The zero-order valence-electron chi connectivity index (χ0n) is 18.8. The van der Waals surface area contributed by atoms with Crippen LogP contribution in [0.4, 0.5) is 22.7 Å². The van der Waals surface area contributed by atoms with Crippen molar-refractivity contribution in [3.05, 3.63) is 57.6 Å². The van der Waals surface area contributed by atoms with Crippen LogP contribution < -0.4 is 10.2 Å². The number of aliphatic hydroxyl groups excluding tert-OH is 2. The summed E-state index contributed by atoms with van der Waals surface area (Å²) >= 11 is 6.03. The van der Waals surface area contributed by atoms with Gasteiger partial charge in [-0.2, -0.15) is 5.11 Å². The number of likely N-dealkylation sites (N-methyl/N-ethyl adjacent to an activating group) is 1. The van der Waals surface area contributed by atoms with Crippen molar-refractivity contribution in [3.8, 4) is 0 Å². The summed E-state index contributed by atoms with van der Waals surface area (Å²) in [5, 5.41) is 39.9. The number of azo groups is 1. The van der Waals surface area contributed by atoms with Crippen LogP contribution in [0.3, 0.4) is 0 Å². The van der Waals surface area contributed by atoms with Crippen LogP contribution in [-0.4, -0.2) is 66.6 Å². The van der Waals surface area contributed by atoms with Gasteiger partial charge in [-0.3, -0.25) is 14.9 Å². The molecule has 0 spiro atoms. The van der Waals surface area contributed by atoms with Crippen molar-refractivity contribution in [3.63, 3.8) is 0 Å². The van der Waals surface area contributed by atoms with Crippen molar-refractivity contribution in [2.45, 2.75) is 19.4 Å². The Bertz CT molecular complexity index is 973. The highest BCUT2D eigenvalue weighted by Crippen LogP contribution is 2.30. The summed E-state index contributed by atoms with van der Waals surface area (Å²) < 4.78 is 5.25. The Kier molecular flexibility index (Phi) is 11.3. The lowest BCUT2D eigenvalue weighted by atomic mass is 10.2.